The highest BCUT2D eigenvalue weighted by atomic mass is 16.1. The first-order valence-electron chi connectivity index (χ1n) is 8.44. The number of amides is 1. The smallest absolute Gasteiger partial charge is 0.252 e. The average Bonchev–Trinajstić information content (AvgIpc) is 2.72. The number of carbonyl (C=O) groups excluding carboxylic acids is 1. The predicted octanol–water partition coefficient (Wildman–Crippen LogP) is 4.23. The number of nitrogens with one attached hydrogen (secondary N) is 1. The lowest BCUT2D eigenvalue weighted by Crippen LogP contribution is -2.23. The fourth-order valence-electron chi connectivity index (χ4n) is 2.88. The van der Waals surface area contributed by atoms with Crippen molar-refractivity contribution >= 4 is 16.9 Å². The molecule has 1 amide bonds. The summed E-state index contributed by atoms with van der Waals surface area (Å²) in [6, 6.07) is 25.2. The van der Waals surface area contributed by atoms with Crippen molar-refractivity contribution in [1.82, 2.24) is 15.3 Å². The molecular weight excluding hydrogens is 322 g/mol. The summed E-state index contributed by atoms with van der Waals surface area (Å²) in [5.41, 5.74) is 3.90. The molecule has 26 heavy (non-hydrogen) atoms. The maximum Gasteiger partial charge on any atom is 0.252 e. The summed E-state index contributed by atoms with van der Waals surface area (Å²) in [6.45, 7) is 0.477. The van der Waals surface area contributed by atoms with Gasteiger partial charge >= 0.3 is 0 Å². The van der Waals surface area contributed by atoms with Gasteiger partial charge in [0.15, 0.2) is 5.65 Å². The van der Waals surface area contributed by atoms with E-state index in [9.17, 15) is 4.79 Å². The normalized spacial score (nSPS) is 10.6. The molecule has 2 aromatic carbocycles. The van der Waals surface area contributed by atoms with Crippen molar-refractivity contribution in [3.05, 3.63) is 96.2 Å². The van der Waals surface area contributed by atoms with E-state index >= 15 is 0 Å². The Morgan fingerprint density at radius 3 is 2.38 bits per heavy atom. The summed E-state index contributed by atoms with van der Waals surface area (Å²) in [4.78, 5) is 21.8. The van der Waals surface area contributed by atoms with Crippen molar-refractivity contribution in [1.29, 1.82) is 0 Å². The van der Waals surface area contributed by atoms with Gasteiger partial charge in [0, 0.05) is 23.7 Å². The molecule has 4 heteroatoms. The molecule has 0 bridgehead atoms. The largest absolute Gasteiger partial charge is 0.348 e. The van der Waals surface area contributed by atoms with Gasteiger partial charge in [-0.25, -0.2) is 9.97 Å². The lowest BCUT2D eigenvalue weighted by Gasteiger charge is -2.10. The third-order valence-corrected chi connectivity index (χ3v) is 4.19. The molecule has 0 aliphatic heterocycles. The van der Waals surface area contributed by atoms with Gasteiger partial charge in [-0.15, -0.1) is 0 Å². The third-order valence-electron chi connectivity index (χ3n) is 4.19. The van der Waals surface area contributed by atoms with Gasteiger partial charge < -0.3 is 5.32 Å². The second-order valence-corrected chi connectivity index (χ2v) is 5.96. The molecule has 0 radical (unpaired) electrons. The number of hydrogen-bond donors (Lipinski definition) is 1. The highest BCUT2D eigenvalue weighted by Gasteiger charge is 2.14. The van der Waals surface area contributed by atoms with Gasteiger partial charge in [-0.2, -0.15) is 0 Å². The number of benzene rings is 2. The van der Waals surface area contributed by atoms with Crippen molar-refractivity contribution in [2.75, 3.05) is 0 Å². The summed E-state index contributed by atoms with van der Waals surface area (Å²) in [7, 11) is 0. The number of pyridine rings is 2. The standard InChI is InChI=1S/C22H17N3O/c26-22(24-15-16-8-3-1-4-9-16)19-14-20(17-10-5-2-6-11-17)25-21-18(19)12-7-13-23-21/h1-14H,15H2,(H,24,26). The molecule has 126 valence electrons. The van der Waals surface area contributed by atoms with E-state index in [1.54, 1.807) is 6.20 Å². The lowest BCUT2D eigenvalue weighted by molar-refractivity contribution is 0.0952. The SMILES string of the molecule is O=C(NCc1ccccc1)c1cc(-c2ccccc2)nc2ncccc12. The van der Waals surface area contributed by atoms with Crippen LogP contribution in [0.1, 0.15) is 15.9 Å². The number of rotatable bonds is 4. The first-order chi connectivity index (χ1) is 12.8. The van der Waals surface area contributed by atoms with Gasteiger partial charge in [-0.1, -0.05) is 60.7 Å². The van der Waals surface area contributed by atoms with Gasteiger partial charge in [-0.3, -0.25) is 4.79 Å². The predicted molar refractivity (Wildman–Crippen MR) is 103 cm³/mol. The molecule has 0 fully saturated rings. The molecule has 0 saturated carbocycles. The van der Waals surface area contributed by atoms with Crippen LogP contribution in [0.5, 0.6) is 0 Å². The Morgan fingerprint density at radius 2 is 1.62 bits per heavy atom. The topological polar surface area (TPSA) is 54.9 Å². The molecule has 1 N–H and O–H groups in total. The number of fused-ring (bicyclic) bond motifs is 1. The Labute approximate surface area is 151 Å². The van der Waals surface area contributed by atoms with Crippen LogP contribution in [-0.4, -0.2) is 15.9 Å². The van der Waals surface area contributed by atoms with Gasteiger partial charge in [-0.05, 0) is 23.8 Å². The molecule has 4 rings (SSSR count). The van der Waals surface area contributed by atoms with Gasteiger partial charge in [0.05, 0.1) is 11.3 Å². The Hall–Kier alpha value is -3.53. The monoisotopic (exact) mass is 339 g/mol. The van der Waals surface area contributed by atoms with Crippen molar-refractivity contribution in [3.63, 3.8) is 0 Å². The van der Waals surface area contributed by atoms with Crippen LogP contribution in [0.2, 0.25) is 0 Å². The summed E-state index contributed by atoms with van der Waals surface area (Å²) >= 11 is 0. The van der Waals surface area contributed by atoms with Gasteiger partial charge in [0.25, 0.3) is 5.91 Å². The maximum absolute atomic E-state index is 12.8. The quantitative estimate of drug-likeness (QED) is 0.605. The molecule has 0 unspecified atom stereocenters. The number of carbonyl (C=O) groups is 1. The molecule has 0 aliphatic carbocycles. The number of hydrogen-bond acceptors (Lipinski definition) is 3. The van der Waals surface area contributed by atoms with Crippen LogP contribution in [0.3, 0.4) is 0 Å². The Balaban J connectivity index is 1.72. The van der Waals surface area contributed by atoms with Crippen LogP contribution in [-0.2, 0) is 6.54 Å². The van der Waals surface area contributed by atoms with Crippen LogP contribution in [0.25, 0.3) is 22.3 Å². The zero-order chi connectivity index (χ0) is 17.8. The molecule has 2 heterocycles. The summed E-state index contributed by atoms with van der Waals surface area (Å²) < 4.78 is 0. The second kappa shape index (κ2) is 7.15. The van der Waals surface area contributed by atoms with Crippen LogP contribution in [0.4, 0.5) is 0 Å². The van der Waals surface area contributed by atoms with Crippen LogP contribution >= 0.6 is 0 Å². The second-order valence-electron chi connectivity index (χ2n) is 5.96. The Kier molecular flexibility index (Phi) is 4.39. The molecule has 0 spiro atoms. The zero-order valence-corrected chi connectivity index (χ0v) is 14.1. The van der Waals surface area contributed by atoms with Gasteiger partial charge in [0.2, 0.25) is 0 Å². The molecular formula is C22H17N3O. The van der Waals surface area contributed by atoms with Crippen LogP contribution < -0.4 is 5.32 Å². The van der Waals surface area contributed by atoms with Crippen molar-refractivity contribution in [2.24, 2.45) is 0 Å². The van der Waals surface area contributed by atoms with E-state index in [1.807, 2.05) is 78.9 Å². The van der Waals surface area contributed by atoms with Crippen LogP contribution in [0, 0.1) is 0 Å². The molecule has 2 aromatic heterocycles. The minimum Gasteiger partial charge on any atom is -0.348 e. The third kappa shape index (κ3) is 3.30. The average molecular weight is 339 g/mol. The minimum atomic E-state index is -0.133. The highest BCUT2D eigenvalue weighted by Crippen LogP contribution is 2.23. The van der Waals surface area contributed by atoms with E-state index in [2.05, 4.69) is 15.3 Å². The summed E-state index contributed by atoms with van der Waals surface area (Å²) in [6.07, 6.45) is 1.69. The van der Waals surface area contributed by atoms with Crippen molar-refractivity contribution in [3.8, 4) is 11.3 Å². The van der Waals surface area contributed by atoms with E-state index in [-0.39, 0.29) is 5.91 Å². The van der Waals surface area contributed by atoms with Gasteiger partial charge in [0.1, 0.15) is 0 Å². The van der Waals surface area contributed by atoms with E-state index in [0.29, 0.717) is 17.8 Å². The molecule has 0 aliphatic rings. The fraction of sp³-hybridized carbons (Fsp3) is 0.0455. The summed E-state index contributed by atoms with van der Waals surface area (Å²) in [5.74, 6) is -0.133. The fourth-order valence-corrected chi connectivity index (χ4v) is 2.88. The van der Waals surface area contributed by atoms with E-state index in [4.69, 9.17) is 0 Å². The lowest BCUT2D eigenvalue weighted by atomic mass is 10.1. The zero-order valence-electron chi connectivity index (χ0n) is 14.1. The molecule has 0 atom stereocenters. The van der Waals surface area contributed by atoms with Crippen molar-refractivity contribution in [2.45, 2.75) is 6.54 Å². The van der Waals surface area contributed by atoms with E-state index < -0.39 is 0 Å². The number of aromatic nitrogens is 2. The first-order valence-corrected chi connectivity index (χ1v) is 8.44. The van der Waals surface area contributed by atoms with Crippen LogP contribution in [0.15, 0.2) is 85.1 Å². The molecule has 0 saturated heterocycles. The molecule has 4 nitrogen and oxygen atoms in total. The first kappa shape index (κ1) is 16.0. The van der Waals surface area contributed by atoms with Crippen molar-refractivity contribution < 1.29 is 4.79 Å². The molecule has 4 aromatic rings. The Bertz CT molecular complexity index is 1050. The number of nitrogens with zero attached hydrogens (tertiary/aromatic N) is 2. The maximum atomic E-state index is 12.8. The minimum absolute atomic E-state index is 0.133. The highest BCUT2D eigenvalue weighted by molar-refractivity contribution is 6.06. The summed E-state index contributed by atoms with van der Waals surface area (Å²) in [5, 5.41) is 3.74. The van der Waals surface area contributed by atoms with E-state index in [1.165, 1.54) is 0 Å². The van der Waals surface area contributed by atoms with E-state index in [0.717, 1.165) is 22.2 Å². The Morgan fingerprint density at radius 1 is 0.885 bits per heavy atom.